The summed E-state index contributed by atoms with van der Waals surface area (Å²) in [5.41, 5.74) is 6.70. The molecule has 0 spiro atoms. The largest absolute Gasteiger partial charge is 0.375 e. The minimum Gasteiger partial charge on any atom is -0.375 e. The van der Waals surface area contributed by atoms with E-state index in [1.807, 2.05) is 50.2 Å². The molecule has 5 aromatic rings. The standard InChI is InChI=1S/C26H22FN5/c1-16-6-5-9-23(30-16)26-25(19-12-13-21-18(14-19)11-10-17(2)29-21)31-24(32-26)15-28-22-8-4-3-7-20(22)27/h3-14,28H,15H2,1-2H3,(H,31,32). The molecule has 5 rings (SSSR count). The zero-order valence-electron chi connectivity index (χ0n) is 17.9. The van der Waals surface area contributed by atoms with Gasteiger partial charge in [0, 0.05) is 22.3 Å². The van der Waals surface area contributed by atoms with Crippen molar-refractivity contribution in [2.75, 3.05) is 5.32 Å². The maximum absolute atomic E-state index is 14.0. The summed E-state index contributed by atoms with van der Waals surface area (Å²) in [6.07, 6.45) is 0. The lowest BCUT2D eigenvalue weighted by molar-refractivity contribution is 0.630. The first-order chi connectivity index (χ1) is 15.6. The number of aryl methyl sites for hydroxylation is 2. The number of rotatable bonds is 5. The Balaban J connectivity index is 1.57. The highest BCUT2D eigenvalue weighted by atomic mass is 19.1. The number of benzene rings is 2. The van der Waals surface area contributed by atoms with Crippen molar-refractivity contribution in [2.45, 2.75) is 20.4 Å². The maximum Gasteiger partial charge on any atom is 0.146 e. The first kappa shape index (κ1) is 19.9. The van der Waals surface area contributed by atoms with E-state index in [1.54, 1.807) is 18.2 Å². The van der Waals surface area contributed by atoms with Crippen LogP contribution in [0.5, 0.6) is 0 Å². The second-order valence-electron chi connectivity index (χ2n) is 7.76. The number of aromatic amines is 1. The third kappa shape index (κ3) is 3.95. The van der Waals surface area contributed by atoms with Gasteiger partial charge in [-0.15, -0.1) is 0 Å². The molecule has 32 heavy (non-hydrogen) atoms. The van der Waals surface area contributed by atoms with Crippen molar-refractivity contribution in [1.82, 2.24) is 19.9 Å². The van der Waals surface area contributed by atoms with Crippen LogP contribution in [0.1, 0.15) is 17.2 Å². The maximum atomic E-state index is 14.0. The van der Waals surface area contributed by atoms with E-state index in [0.29, 0.717) is 18.1 Å². The molecule has 0 aliphatic rings. The van der Waals surface area contributed by atoms with Crippen molar-refractivity contribution in [1.29, 1.82) is 0 Å². The Labute approximate surface area is 185 Å². The quantitative estimate of drug-likeness (QED) is 0.361. The molecule has 3 heterocycles. The summed E-state index contributed by atoms with van der Waals surface area (Å²) in [5, 5.41) is 4.17. The third-order valence-corrected chi connectivity index (χ3v) is 5.32. The predicted molar refractivity (Wildman–Crippen MR) is 126 cm³/mol. The van der Waals surface area contributed by atoms with Gasteiger partial charge in [-0.3, -0.25) is 9.97 Å². The topological polar surface area (TPSA) is 66.5 Å². The van der Waals surface area contributed by atoms with Gasteiger partial charge < -0.3 is 10.3 Å². The number of hydrogen-bond acceptors (Lipinski definition) is 4. The average molecular weight is 423 g/mol. The van der Waals surface area contributed by atoms with E-state index >= 15 is 0 Å². The molecule has 3 aromatic heterocycles. The highest BCUT2D eigenvalue weighted by molar-refractivity contribution is 5.87. The van der Waals surface area contributed by atoms with E-state index < -0.39 is 0 Å². The first-order valence-corrected chi connectivity index (χ1v) is 10.5. The molecule has 2 N–H and O–H groups in total. The lowest BCUT2D eigenvalue weighted by Crippen LogP contribution is -2.02. The van der Waals surface area contributed by atoms with Gasteiger partial charge in [-0.1, -0.05) is 30.3 Å². The Morgan fingerprint density at radius 2 is 1.69 bits per heavy atom. The monoisotopic (exact) mass is 423 g/mol. The third-order valence-electron chi connectivity index (χ3n) is 5.32. The van der Waals surface area contributed by atoms with Gasteiger partial charge in [0.05, 0.1) is 29.1 Å². The van der Waals surface area contributed by atoms with Crippen molar-refractivity contribution < 1.29 is 4.39 Å². The Bertz CT molecular complexity index is 1420. The van der Waals surface area contributed by atoms with Crippen molar-refractivity contribution >= 4 is 16.6 Å². The van der Waals surface area contributed by atoms with Crippen LogP contribution >= 0.6 is 0 Å². The second-order valence-corrected chi connectivity index (χ2v) is 7.76. The molecule has 0 aliphatic heterocycles. The molecule has 0 unspecified atom stereocenters. The van der Waals surface area contributed by atoms with Gasteiger partial charge in [0.25, 0.3) is 0 Å². The number of halogens is 1. The number of aromatic nitrogens is 4. The Morgan fingerprint density at radius 1 is 0.844 bits per heavy atom. The van der Waals surface area contributed by atoms with Gasteiger partial charge >= 0.3 is 0 Å². The van der Waals surface area contributed by atoms with Gasteiger partial charge in [0.15, 0.2) is 0 Å². The van der Waals surface area contributed by atoms with Gasteiger partial charge in [0.2, 0.25) is 0 Å². The van der Waals surface area contributed by atoms with Crippen molar-refractivity contribution in [3.63, 3.8) is 0 Å². The summed E-state index contributed by atoms with van der Waals surface area (Å²) < 4.78 is 14.0. The summed E-state index contributed by atoms with van der Waals surface area (Å²) in [7, 11) is 0. The molecule has 158 valence electrons. The molecule has 2 aromatic carbocycles. The van der Waals surface area contributed by atoms with Crippen LogP contribution in [0.25, 0.3) is 33.5 Å². The predicted octanol–water partition coefficient (Wildman–Crippen LogP) is 6.05. The number of nitrogens with zero attached hydrogens (tertiary/aromatic N) is 3. The Kier molecular flexibility index (Phi) is 5.11. The second kappa shape index (κ2) is 8.23. The highest BCUT2D eigenvalue weighted by Crippen LogP contribution is 2.31. The zero-order chi connectivity index (χ0) is 22.1. The molecule has 6 heteroatoms. The number of fused-ring (bicyclic) bond motifs is 1. The molecule has 0 amide bonds. The number of hydrogen-bond donors (Lipinski definition) is 2. The molecule has 5 nitrogen and oxygen atoms in total. The molecule has 0 bridgehead atoms. The lowest BCUT2D eigenvalue weighted by atomic mass is 10.0. The van der Waals surface area contributed by atoms with Crippen LogP contribution in [0, 0.1) is 19.7 Å². The van der Waals surface area contributed by atoms with Gasteiger partial charge in [0.1, 0.15) is 17.3 Å². The number of pyridine rings is 2. The van der Waals surface area contributed by atoms with E-state index in [9.17, 15) is 4.39 Å². The van der Waals surface area contributed by atoms with Gasteiger partial charge in [-0.25, -0.2) is 9.37 Å². The Morgan fingerprint density at radius 3 is 2.53 bits per heavy atom. The molecule has 0 fully saturated rings. The molecule has 0 saturated carbocycles. The van der Waals surface area contributed by atoms with Crippen LogP contribution in [0.15, 0.2) is 72.8 Å². The number of nitrogens with one attached hydrogen (secondary N) is 2. The van der Waals surface area contributed by atoms with Crippen LogP contribution in [-0.2, 0) is 6.54 Å². The van der Waals surface area contributed by atoms with E-state index in [1.165, 1.54) is 6.07 Å². The normalized spacial score (nSPS) is 11.1. The number of anilines is 1. The van der Waals surface area contributed by atoms with E-state index in [0.717, 1.165) is 44.9 Å². The van der Waals surface area contributed by atoms with Crippen molar-refractivity contribution in [3.8, 4) is 22.6 Å². The number of H-pyrrole nitrogens is 1. The number of imidazole rings is 1. The van der Waals surface area contributed by atoms with Crippen molar-refractivity contribution in [2.24, 2.45) is 0 Å². The van der Waals surface area contributed by atoms with Crippen LogP contribution < -0.4 is 5.32 Å². The van der Waals surface area contributed by atoms with Crippen molar-refractivity contribution in [3.05, 3.63) is 95.8 Å². The van der Waals surface area contributed by atoms with Gasteiger partial charge in [-0.2, -0.15) is 0 Å². The number of para-hydroxylation sites is 1. The molecular formula is C26H22FN5. The fourth-order valence-corrected chi connectivity index (χ4v) is 3.74. The van der Waals surface area contributed by atoms with E-state index in [2.05, 4.69) is 32.4 Å². The zero-order valence-corrected chi connectivity index (χ0v) is 17.9. The average Bonchev–Trinajstić information content (AvgIpc) is 3.22. The molecule has 0 saturated heterocycles. The molecule has 0 atom stereocenters. The fraction of sp³-hybridized carbons (Fsp3) is 0.115. The summed E-state index contributed by atoms with van der Waals surface area (Å²) in [5.74, 6) is 0.404. The van der Waals surface area contributed by atoms with Gasteiger partial charge in [-0.05, 0) is 56.3 Å². The van der Waals surface area contributed by atoms with E-state index in [-0.39, 0.29) is 5.82 Å². The molecular weight excluding hydrogens is 401 g/mol. The van der Waals surface area contributed by atoms with Crippen LogP contribution in [0.3, 0.4) is 0 Å². The lowest BCUT2D eigenvalue weighted by Gasteiger charge is -2.06. The SMILES string of the molecule is Cc1cccc(-c2nc(CNc3ccccc3F)[nH]c2-c2ccc3nc(C)ccc3c2)n1. The van der Waals surface area contributed by atoms with Crippen LogP contribution in [0.2, 0.25) is 0 Å². The minimum atomic E-state index is -0.294. The van der Waals surface area contributed by atoms with Crippen LogP contribution in [0.4, 0.5) is 10.1 Å². The highest BCUT2D eigenvalue weighted by Gasteiger charge is 2.16. The minimum absolute atomic E-state index is 0.294. The summed E-state index contributed by atoms with van der Waals surface area (Å²) in [4.78, 5) is 17.5. The smallest absolute Gasteiger partial charge is 0.146 e. The first-order valence-electron chi connectivity index (χ1n) is 10.5. The molecule has 0 aliphatic carbocycles. The fourth-order valence-electron chi connectivity index (χ4n) is 3.74. The summed E-state index contributed by atoms with van der Waals surface area (Å²) in [6.45, 7) is 4.30. The molecule has 0 radical (unpaired) electrons. The Hall–Kier alpha value is -4.06. The summed E-state index contributed by atoms with van der Waals surface area (Å²) in [6, 6.07) is 22.7. The summed E-state index contributed by atoms with van der Waals surface area (Å²) >= 11 is 0. The van der Waals surface area contributed by atoms with E-state index in [4.69, 9.17) is 4.98 Å². The van der Waals surface area contributed by atoms with Crippen LogP contribution in [-0.4, -0.2) is 19.9 Å².